The van der Waals surface area contributed by atoms with E-state index >= 15 is 0 Å². The molecule has 0 bridgehead atoms. The smallest absolute Gasteiger partial charge is 0.120 e. The van der Waals surface area contributed by atoms with Gasteiger partial charge in [0.25, 0.3) is 0 Å². The molecule has 2 aromatic rings. The summed E-state index contributed by atoms with van der Waals surface area (Å²) in [5, 5.41) is 3.59. The lowest BCUT2D eigenvalue weighted by Crippen LogP contribution is -2.41. The summed E-state index contributed by atoms with van der Waals surface area (Å²) in [5.41, 5.74) is 1.41. The van der Waals surface area contributed by atoms with Crippen LogP contribution in [0.5, 0.6) is 0 Å². The molecular weight excluding hydrogens is 248 g/mol. The molecule has 0 amide bonds. The highest BCUT2D eigenvalue weighted by atomic mass is 15.1. The zero-order valence-corrected chi connectivity index (χ0v) is 11.8. The number of nitrogens with zero attached hydrogens (tertiary/aromatic N) is 2. The molecule has 106 valence electrons. The van der Waals surface area contributed by atoms with Gasteiger partial charge >= 0.3 is 0 Å². The van der Waals surface area contributed by atoms with Gasteiger partial charge in [-0.05, 0) is 31.5 Å². The number of piperidine rings is 1. The van der Waals surface area contributed by atoms with E-state index in [4.69, 9.17) is 0 Å². The predicted octanol–water partition coefficient (Wildman–Crippen LogP) is 2.16. The van der Waals surface area contributed by atoms with Crippen LogP contribution in [0.25, 0.3) is 0 Å². The molecule has 0 atom stereocenters. The first-order valence-corrected chi connectivity index (χ1v) is 7.38. The molecule has 1 aliphatic rings. The van der Waals surface area contributed by atoms with Crippen LogP contribution in [0.2, 0.25) is 0 Å². The van der Waals surface area contributed by atoms with E-state index in [0.29, 0.717) is 6.04 Å². The van der Waals surface area contributed by atoms with Gasteiger partial charge in [-0.25, -0.2) is 4.98 Å². The molecule has 0 radical (unpaired) electrons. The first-order valence-electron chi connectivity index (χ1n) is 7.38. The van der Waals surface area contributed by atoms with E-state index in [9.17, 15) is 0 Å². The standard InChI is InChI=1S/C16H22N4/c1-2-4-14(5-3-1)13-20-10-6-15(7-11-20)19-12-16-17-8-9-18-16/h1-5,8-9,15,19H,6-7,10-13H2,(H,17,18). The molecule has 4 nitrogen and oxygen atoms in total. The van der Waals surface area contributed by atoms with Crippen molar-refractivity contribution in [2.24, 2.45) is 0 Å². The second-order valence-corrected chi connectivity index (χ2v) is 5.45. The number of aromatic nitrogens is 2. The van der Waals surface area contributed by atoms with Crippen LogP contribution in [0.4, 0.5) is 0 Å². The molecule has 4 heteroatoms. The lowest BCUT2D eigenvalue weighted by Gasteiger charge is -2.32. The Morgan fingerprint density at radius 1 is 1.20 bits per heavy atom. The molecule has 2 N–H and O–H groups in total. The Balaban J connectivity index is 1.40. The molecule has 3 rings (SSSR count). The van der Waals surface area contributed by atoms with E-state index in [1.54, 1.807) is 6.20 Å². The van der Waals surface area contributed by atoms with E-state index in [1.807, 2.05) is 6.20 Å². The fraction of sp³-hybridized carbons (Fsp3) is 0.438. The zero-order chi connectivity index (χ0) is 13.6. The van der Waals surface area contributed by atoms with E-state index in [1.165, 1.54) is 31.5 Å². The van der Waals surface area contributed by atoms with Crippen LogP contribution in [-0.4, -0.2) is 34.0 Å². The minimum absolute atomic E-state index is 0.618. The first kappa shape index (κ1) is 13.3. The lowest BCUT2D eigenvalue weighted by atomic mass is 10.0. The van der Waals surface area contributed by atoms with Gasteiger partial charge < -0.3 is 10.3 Å². The van der Waals surface area contributed by atoms with Crippen molar-refractivity contribution in [2.75, 3.05) is 13.1 Å². The molecule has 0 aliphatic carbocycles. The number of nitrogens with one attached hydrogen (secondary N) is 2. The highest BCUT2D eigenvalue weighted by Gasteiger charge is 2.18. The summed E-state index contributed by atoms with van der Waals surface area (Å²) >= 11 is 0. The number of hydrogen-bond donors (Lipinski definition) is 2. The van der Waals surface area contributed by atoms with Gasteiger partial charge in [0.05, 0.1) is 6.54 Å². The normalized spacial score (nSPS) is 17.4. The van der Waals surface area contributed by atoms with Crippen molar-refractivity contribution in [1.82, 2.24) is 20.2 Å². The van der Waals surface area contributed by atoms with Crippen molar-refractivity contribution in [3.05, 3.63) is 54.1 Å². The predicted molar refractivity (Wildman–Crippen MR) is 80.2 cm³/mol. The van der Waals surface area contributed by atoms with Crippen LogP contribution in [0, 0.1) is 0 Å². The van der Waals surface area contributed by atoms with E-state index in [0.717, 1.165) is 18.9 Å². The second-order valence-electron chi connectivity index (χ2n) is 5.45. The molecule has 0 unspecified atom stereocenters. The summed E-state index contributed by atoms with van der Waals surface area (Å²) in [5.74, 6) is 1.02. The number of imidazole rings is 1. The van der Waals surface area contributed by atoms with Gasteiger partial charge in [-0.3, -0.25) is 4.90 Å². The molecule has 1 saturated heterocycles. The minimum atomic E-state index is 0.618. The van der Waals surface area contributed by atoms with E-state index in [-0.39, 0.29) is 0 Å². The third-order valence-electron chi connectivity index (χ3n) is 3.95. The van der Waals surface area contributed by atoms with Crippen LogP contribution in [0.1, 0.15) is 24.2 Å². The number of benzene rings is 1. The average molecular weight is 270 g/mol. The van der Waals surface area contributed by atoms with Crippen LogP contribution in [0.15, 0.2) is 42.7 Å². The monoisotopic (exact) mass is 270 g/mol. The lowest BCUT2D eigenvalue weighted by molar-refractivity contribution is 0.189. The molecule has 0 saturated carbocycles. The van der Waals surface area contributed by atoms with Crippen molar-refractivity contribution in [1.29, 1.82) is 0 Å². The highest BCUT2D eigenvalue weighted by Crippen LogP contribution is 2.14. The van der Waals surface area contributed by atoms with Gasteiger partial charge in [-0.15, -0.1) is 0 Å². The summed E-state index contributed by atoms with van der Waals surface area (Å²) in [6.07, 6.45) is 6.11. The van der Waals surface area contributed by atoms with Gasteiger partial charge in [0, 0.05) is 25.0 Å². The molecule has 1 fully saturated rings. The fourth-order valence-electron chi connectivity index (χ4n) is 2.77. The summed E-state index contributed by atoms with van der Waals surface area (Å²) in [6.45, 7) is 4.26. The highest BCUT2D eigenvalue weighted by molar-refractivity contribution is 5.14. The Kier molecular flexibility index (Phi) is 4.46. The zero-order valence-electron chi connectivity index (χ0n) is 11.8. The number of rotatable bonds is 5. The summed E-state index contributed by atoms with van der Waals surface area (Å²) in [6, 6.07) is 11.4. The molecule has 2 heterocycles. The molecule has 0 spiro atoms. The second kappa shape index (κ2) is 6.68. The third-order valence-corrected chi connectivity index (χ3v) is 3.95. The maximum absolute atomic E-state index is 4.24. The van der Waals surface area contributed by atoms with Crippen LogP contribution >= 0.6 is 0 Å². The number of hydrogen-bond acceptors (Lipinski definition) is 3. The minimum Gasteiger partial charge on any atom is -0.348 e. The summed E-state index contributed by atoms with van der Waals surface area (Å²) < 4.78 is 0. The van der Waals surface area contributed by atoms with Crippen molar-refractivity contribution >= 4 is 0 Å². The molecule has 1 aliphatic heterocycles. The number of aromatic amines is 1. The van der Waals surface area contributed by atoms with Crippen LogP contribution < -0.4 is 5.32 Å². The maximum atomic E-state index is 4.24. The Morgan fingerprint density at radius 2 is 2.00 bits per heavy atom. The molecule has 20 heavy (non-hydrogen) atoms. The number of H-pyrrole nitrogens is 1. The van der Waals surface area contributed by atoms with Crippen molar-refractivity contribution in [3.63, 3.8) is 0 Å². The van der Waals surface area contributed by atoms with Crippen molar-refractivity contribution < 1.29 is 0 Å². The van der Waals surface area contributed by atoms with Crippen molar-refractivity contribution in [2.45, 2.75) is 32.0 Å². The van der Waals surface area contributed by atoms with E-state index in [2.05, 4.69) is 50.5 Å². The van der Waals surface area contributed by atoms with Crippen LogP contribution in [-0.2, 0) is 13.1 Å². The van der Waals surface area contributed by atoms with Crippen molar-refractivity contribution in [3.8, 4) is 0 Å². The maximum Gasteiger partial charge on any atom is 0.120 e. The Morgan fingerprint density at radius 3 is 2.70 bits per heavy atom. The first-order chi connectivity index (χ1) is 9.90. The fourth-order valence-corrected chi connectivity index (χ4v) is 2.77. The van der Waals surface area contributed by atoms with Gasteiger partial charge in [0.1, 0.15) is 5.82 Å². The van der Waals surface area contributed by atoms with Gasteiger partial charge in [0.2, 0.25) is 0 Å². The molecule has 1 aromatic carbocycles. The van der Waals surface area contributed by atoms with Gasteiger partial charge in [0.15, 0.2) is 0 Å². The molecular formula is C16H22N4. The van der Waals surface area contributed by atoms with E-state index < -0.39 is 0 Å². The SMILES string of the molecule is c1ccc(CN2CCC(NCc3ncc[nH]3)CC2)cc1. The largest absolute Gasteiger partial charge is 0.348 e. The number of likely N-dealkylation sites (tertiary alicyclic amines) is 1. The Labute approximate surface area is 120 Å². The summed E-state index contributed by atoms with van der Waals surface area (Å²) in [4.78, 5) is 9.92. The van der Waals surface area contributed by atoms with Crippen LogP contribution in [0.3, 0.4) is 0 Å². The average Bonchev–Trinajstić information content (AvgIpc) is 3.01. The Bertz CT molecular complexity index is 486. The van der Waals surface area contributed by atoms with Gasteiger partial charge in [-0.2, -0.15) is 0 Å². The third kappa shape index (κ3) is 3.68. The Hall–Kier alpha value is -1.65. The quantitative estimate of drug-likeness (QED) is 0.875. The molecule has 1 aromatic heterocycles. The van der Waals surface area contributed by atoms with Gasteiger partial charge in [-0.1, -0.05) is 30.3 Å². The topological polar surface area (TPSA) is 44.0 Å². The summed E-state index contributed by atoms with van der Waals surface area (Å²) in [7, 11) is 0.